The molecule has 0 aliphatic carbocycles. The summed E-state index contributed by atoms with van der Waals surface area (Å²) in [6.07, 6.45) is 1.59. The fourth-order valence-corrected chi connectivity index (χ4v) is 7.57. The van der Waals surface area contributed by atoms with Crippen LogP contribution in [0.4, 0.5) is 21.5 Å². The minimum atomic E-state index is -1.97. The van der Waals surface area contributed by atoms with Gasteiger partial charge in [-0.1, -0.05) is 35.4 Å². The molecule has 228 valence electrons. The van der Waals surface area contributed by atoms with Gasteiger partial charge in [0.05, 0.1) is 0 Å². The summed E-state index contributed by atoms with van der Waals surface area (Å²) >= 11 is 3.83. The van der Waals surface area contributed by atoms with Gasteiger partial charge in [-0.15, -0.1) is 0 Å². The van der Waals surface area contributed by atoms with Crippen LogP contribution in [0.5, 0.6) is 0 Å². The van der Waals surface area contributed by atoms with E-state index < -0.39 is 13.5 Å². The van der Waals surface area contributed by atoms with E-state index in [0.29, 0.717) is 10.6 Å². The van der Waals surface area contributed by atoms with Gasteiger partial charge in [0.25, 0.3) is 0 Å². The predicted molar refractivity (Wildman–Crippen MR) is 182 cm³/mol. The maximum atomic E-state index is 13.3. The number of aryl methyl sites for hydroxylation is 6. The SMILES string of the molecule is Cc1cc(C)c(N2[CH-]N(c3c(C)cc(C)cc3C)CC2)c(C)c1.Fc1ccc([CH]=[Ru]([Cl])[Cl])c(C=Nc2ccc(Cl)cc2)c1. The molecule has 4 aromatic rings. The van der Waals surface area contributed by atoms with Crippen LogP contribution in [0.1, 0.15) is 44.5 Å². The molecule has 4 aromatic carbocycles. The fraction of sp³-hybridized carbons (Fsp3) is 0.229. The molecule has 5 rings (SSSR count). The zero-order valence-corrected chi connectivity index (χ0v) is 29.2. The van der Waals surface area contributed by atoms with E-state index in [2.05, 4.69) is 87.3 Å². The molecule has 1 aliphatic rings. The molecule has 1 fully saturated rings. The van der Waals surface area contributed by atoms with E-state index in [4.69, 9.17) is 31.0 Å². The van der Waals surface area contributed by atoms with Crippen LogP contribution in [0, 0.1) is 54.0 Å². The van der Waals surface area contributed by atoms with Crippen LogP contribution in [0.2, 0.25) is 5.02 Å². The standard InChI is InChI=1S/C21H27N2.C14H9ClFN.2ClH.Ru/c1-14-9-16(3)20(17(4)10-14)22-7-8-23(13-22)21-18(5)11-15(2)12-19(21)6;1-10-2-5-13(16)8-11(10)9-17-14-6-3-12(15)4-7-14;;;/h9-13H,7-8H2,1-6H3;1-9H;2*1H;/q-1;;;;+2/p-2. The molecule has 0 saturated carbocycles. The molecule has 1 heterocycles. The Hall–Kier alpha value is -2.56. The second-order valence-corrected chi connectivity index (χ2v) is 17.0. The monoisotopic (exact) mass is 724 g/mol. The third-order valence-corrected chi connectivity index (χ3v) is 9.21. The minimum absolute atomic E-state index is 0.331. The van der Waals surface area contributed by atoms with Gasteiger partial charge in [0.15, 0.2) is 0 Å². The fourth-order valence-electron chi connectivity index (χ4n) is 5.59. The Kier molecular flexibility index (Phi) is 11.6. The first-order valence-electron chi connectivity index (χ1n) is 13.9. The third kappa shape index (κ3) is 8.99. The topological polar surface area (TPSA) is 18.8 Å². The molecule has 0 bridgehead atoms. The van der Waals surface area contributed by atoms with Gasteiger partial charge in [0.1, 0.15) is 0 Å². The van der Waals surface area contributed by atoms with Gasteiger partial charge in [0.2, 0.25) is 0 Å². The predicted octanol–water partition coefficient (Wildman–Crippen LogP) is 10.3. The summed E-state index contributed by atoms with van der Waals surface area (Å²) in [6.45, 7) is 17.6. The Morgan fingerprint density at radius 1 is 0.721 bits per heavy atom. The molecule has 3 nitrogen and oxygen atoms in total. The number of benzene rings is 4. The van der Waals surface area contributed by atoms with E-state index in [1.807, 2.05) is 0 Å². The zero-order valence-electron chi connectivity index (χ0n) is 25.2. The van der Waals surface area contributed by atoms with Crippen LogP contribution in [0.3, 0.4) is 0 Å². The van der Waals surface area contributed by atoms with Crippen molar-refractivity contribution in [3.05, 3.63) is 129 Å². The van der Waals surface area contributed by atoms with Crippen LogP contribution < -0.4 is 9.80 Å². The van der Waals surface area contributed by atoms with Crippen LogP contribution >= 0.6 is 31.0 Å². The van der Waals surface area contributed by atoms with Gasteiger partial charge in [-0.25, -0.2) is 0 Å². The third-order valence-electron chi connectivity index (χ3n) is 7.12. The number of aliphatic imine (C=N–C) groups is 1. The van der Waals surface area contributed by atoms with Gasteiger partial charge in [-0.05, 0) is 63.8 Å². The van der Waals surface area contributed by atoms with Crippen molar-refractivity contribution < 1.29 is 17.9 Å². The number of halogens is 4. The zero-order chi connectivity index (χ0) is 31.3. The Morgan fingerprint density at radius 2 is 1.21 bits per heavy atom. The van der Waals surface area contributed by atoms with E-state index in [9.17, 15) is 4.39 Å². The molecule has 1 saturated heterocycles. The van der Waals surface area contributed by atoms with Crippen molar-refractivity contribution in [2.75, 3.05) is 22.9 Å². The van der Waals surface area contributed by atoms with E-state index in [0.717, 1.165) is 24.3 Å². The first-order valence-corrected chi connectivity index (χ1v) is 19.7. The van der Waals surface area contributed by atoms with Gasteiger partial charge in [-0.3, -0.25) is 0 Å². The van der Waals surface area contributed by atoms with Crippen LogP contribution in [-0.4, -0.2) is 23.9 Å². The number of rotatable bonds is 5. The summed E-state index contributed by atoms with van der Waals surface area (Å²) in [5, 5.41) is 0.641. The van der Waals surface area contributed by atoms with Gasteiger partial charge in [-0.2, -0.15) is 6.67 Å². The second-order valence-electron chi connectivity index (χ2n) is 10.8. The van der Waals surface area contributed by atoms with Gasteiger partial charge in [0, 0.05) is 24.5 Å². The molecular formula is C35H36Cl3FN3Ru-. The van der Waals surface area contributed by atoms with E-state index in [-0.39, 0.29) is 5.82 Å². The molecule has 1 aliphatic heterocycles. The summed E-state index contributed by atoms with van der Waals surface area (Å²) in [4.78, 5) is 9.10. The van der Waals surface area contributed by atoms with E-state index in [1.54, 1.807) is 41.2 Å². The molecule has 0 N–H and O–H groups in total. The molecule has 0 atom stereocenters. The first kappa shape index (κ1) is 33.3. The Bertz CT molecular complexity index is 1550. The summed E-state index contributed by atoms with van der Waals surface area (Å²) in [6, 6.07) is 20.6. The normalized spacial score (nSPS) is 13.3. The Labute approximate surface area is 273 Å². The van der Waals surface area contributed by atoms with Gasteiger partial charge >= 0.3 is 135 Å². The molecule has 0 spiro atoms. The molecule has 0 amide bonds. The van der Waals surface area contributed by atoms with Gasteiger partial charge < -0.3 is 9.80 Å². The molecule has 0 unspecified atom stereocenters. The van der Waals surface area contributed by atoms with Crippen LogP contribution in [0.25, 0.3) is 0 Å². The Morgan fingerprint density at radius 3 is 1.67 bits per heavy atom. The molecule has 0 radical (unpaired) electrons. The van der Waals surface area contributed by atoms with Crippen LogP contribution in [-0.2, 0) is 13.5 Å². The second kappa shape index (κ2) is 15.0. The molecule has 43 heavy (non-hydrogen) atoms. The van der Waals surface area contributed by atoms with Crippen molar-refractivity contribution >= 4 is 58.9 Å². The Balaban J connectivity index is 0.000000199. The first-order chi connectivity index (χ1) is 20.4. The van der Waals surface area contributed by atoms with Crippen molar-refractivity contribution in [1.29, 1.82) is 0 Å². The summed E-state index contributed by atoms with van der Waals surface area (Å²) in [5.41, 5.74) is 13.0. The summed E-state index contributed by atoms with van der Waals surface area (Å²) in [5.74, 6) is -0.331. The average Bonchev–Trinajstić information content (AvgIpc) is 3.37. The molecule has 0 aromatic heterocycles. The van der Waals surface area contributed by atoms with Crippen molar-refractivity contribution in [3.63, 3.8) is 0 Å². The molecule has 8 heteroatoms. The summed E-state index contributed by atoms with van der Waals surface area (Å²) < 4.78 is 15.1. The quantitative estimate of drug-likeness (QED) is 0.116. The maximum absolute atomic E-state index is 13.3. The van der Waals surface area contributed by atoms with Crippen molar-refractivity contribution in [2.24, 2.45) is 4.99 Å². The number of hydrogen-bond donors (Lipinski definition) is 0. The van der Waals surface area contributed by atoms with Crippen molar-refractivity contribution in [2.45, 2.75) is 41.5 Å². The van der Waals surface area contributed by atoms with Crippen molar-refractivity contribution in [1.82, 2.24) is 0 Å². The van der Waals surface area contributed by atoms with Crippen molar-refractivity contribution in [3.8, 4) is 0 Å². The number of hydrogen-bond acceptors (Lipinski definition) is 3. The number of anilines is 2. The molecular weight excluding hydrogens is 689 g/mol. The van der Waals surface area contributed by atoms with E-state index >= 15 is 0 Å². The average molecular weight is 725 g/mol. The number of nitrogens with zero attached hydrogens (tertiary/aromatic N) is 3. The van der Waals surface area contributed by atoms with E-state index in [1.165, 1.54) is 56.9 Å². The summed E-state index contributed by atoms with van der Waals surface area (Å²) in [7, 11) is 11.7. The van der Waals surface area contributed by atoms with Crippen LogP contribution in [0.15, 0.2) is 71.7 Å².